The molecule has 0 spiro atoms. The van der Waals surface area contributed by atoms with E-state index in [2.05, 4.69) is 75.9 Å². The van der Waals surface area contributed by atoms with Crippen LogP contribution in [0.15, 0.2) is 72.8 Å². The van der Waals surface area contributed by atoms with E-state index in [1.165, 1.54) is 10.4 Å². The number of benzene rings is 2. The lowest BCUT2D eigenvalue weighted by Crippen LogP contribution is -2.68. The van der Waals surface area contributed by atoms with E-state index in [0.29, 0.717) is 12.8 Å². The lowest BCUT2D eigenvalue weighted by molar-refractivity contribution is -0.121. The van der Waals surface area contributed by atoms with Crippen LogP contribution in [0.5, 0.6) is 0 Å². The first-order valence-electron chi connectivity index (χ1n) is 9.33. The van der Waals surface area contributed by atoms with E-state index in [-0.39, 0.29) is 16.9 Å². The molecule has 1 aliphatic carbocycles. The fourth-order valence-electron chi connectivity index (χ4n) is 3.94. The first kappa shape index (κ1) is 18.8. The van der Waals surface area contributed by atoms with E-state index in [4.69, 9.17) is 4.43 Å². The maximum atomic E-state index is 12.1. The van der Waals surface area contributed by atoms with Crippen molar-refractivity contribution in [3.8, 4) is 0 Å². The Bertz CT molecular complexity index is 735. The molecule has 0 aromatic heterocycles. The molecule has 1 atom stereocenters. The first-order chi connectivity index (χ1) is 12.3. The Kier molecular flexibility index (Phi) is 5.31. The third-order valence-electron chi connectivity index (χ3n) is 5.33. The molecule has 1 aliphatic rings. The van der Waals surface area contributed by atoms with Crippen LogP contribution in [-0.4, -0.2) is 20.2 Å². The molecule has 26 heavy (non-hydrogen) atoms. The summed E-state index contributed by atoms with van der Waals surface area (Å²) >= 11 is 0. The Morgan fingerprint density at radius 2 is 1.42 bits per heavy atom. The smallest absolute Gasteiger partial charge is 0.261 e. The van der Waals surface area contributed by atoms with Crippen LogP contribution in [0.3, 0.4) is 0 Å². The molecule has 3 rings (SSSR count). The molecule has 3 heteroatoms. The second-order valence-electron chi connectivity index (χ2n) is 8.17. The number of ketones is 1. The lowest BCUT2D eigenvalue weighted by Gasteiger charge is -2.46. The minimum absolute atomic E-state index is 0.0868. The highest BCUT2D eigenvalue weighted by molar-refractivity contribution is 6.99. The van der Waals surface area contributed by atoms with Crippen molar-refractivity contribution < 1.29 is 9.22 Å². The van der Waals surface area contributed by atoms with Crippen LogP contribution in [0.4, 0.5) is 0 Å². The largest absolute Gasteiger partial charge is 0.400 e. The van der Waals surface area contributed by atoms with Gasteiger partial charge in [0.1, 0.15) is 5.78 Å². The SMILES string of the molecule is C=C1CCC(=O)CC1O[Si](c1ccccc1)(c1ccccc1)C(C)(C)C. The van der Waals surface area contributed by atoms with E-state index in [9.17, 15) is 4.79 Å². The van der Waals surface area contributed by atoms with Gasteiger partial charge in [-0.15, -0.1) is 0 Å². The zero-order valence-electron chi connectivity index (χ0n) is 16.0. The fourth-order valence-corrected chi connectivity index (χ4v) is 8.64. The second kappa shape index (κ2) is 7.34. The molecule has 0 aliphatic heterocycles. The van der Waals surface area contributed by atoms with Gasteiger partial charge >= 0.3 is 0 Å². The van der Waals surface area contributed by atoms with Gasteiger partial charge in [0, 0.05) is 12.8 Å². The molecular formula is C23H28O2Si. The molecule has 0 heterocycles. The van der Waals surface area contributed by atoms with Gasteiger partial charge in [0.25, 0.3) is 8.32 Å². The second-order valence-corrected chi connectivity index (χ2v) is 12.4. The Morgan fingerprint density at radius 1 is 0.923 bits per heavy atom. The molecule has 2 aromatic carbocycles. The average molecular weight is 365 g/mol. The Balaban J connectivity index is 2.17. The summed E-state index contributed by atoms with van der Waals surface area (Å²) in [4.78, 5) is 12.1. The monoisotopic (exact) mass is 364 g/mol. The van der Waals surface area contributed by atoms with Gasteiger partial charge in [0.05, 0.1) is 6.10 Å². The zero-order valence-corrected chi connectivity index (χ0v) is 17.0. The molecular weight excluding hydrogens is 336 g/mol. The van der Waals surface area contributed by atoms with Crippen molar-refractivity contribution >= 4 is 24.5 Å². The number of carbonyl (C=O) groups is 1. The normalized spacial score (nSPS) is 18.8. The average Bonchev–Trinajstić information content (AvgIpc) is 2.63. The summed E-state index contributed by atoms with van der Waals surface area (Å²) in [6, 6.07) is 21.1. The summed E-state index contributed by atoms with van der Waals surface area (Å²) in [7, 11) is -2.62. The summed E-state index contributed by atoms with van der Waals surface area (Å²) < 4.78 is 7.02. The molecule has 2 nitrogen and oxygen atoms in total. The predicted molar refractivity (Wildman–Crippen MR) is 110 cm³/mol. The number of carbonyl (C=O) groups excluding carboxylic acids is 1. The van der Waals surface area contributed by atoms with E-state index in [1.54, 1.807) is 0 Å². The molecule has 0 radical (unpaired) electrons. The van der Waals surface area contributed by atoms with Gasteiger partial charge in [-0.05, 0) is 27.4 Å². The van der Waals surface area contributed by atoms with Crippen molar-refractivity contribution in [2.24, 2.45) is 0 Å². The third-order valence-corrected chi connectivity index (χ3v) is 10.4. The van der Waals surface area contributed by atoms with Crippen LogP contribution in [0.1, 0.15) is 40.0 Å². The van der Waals surface area contributed by atoms with E-state index >= 15 is 0 Å². The van der Waals surface area contributed by atoms with Gasteiger partial charge < -0.3 is 4.43 Å². The minimum atomic E-state index is -2.62. The van der Waals surface area contributed by atoms with Crippen molar-refractivity contribution in [1.82, 2.24) is 0 Å². The Labute approximate surface area is 158 Å². The van der Waals surface area contributed by atoms with Gasteiger partial charge in [-0.2, -0.15) is 0 Å². The maximum Gasteiger partial charge on any atom is 0.261 e. The van der Waals surface area contributed by atoms with Gasteiger partial charge in [-0.3, -0.25) is 4.79 Å². The maximum absolute atomic E-state index is 12.1. The van der Waals surface area contributed by atoms with E-state index < -0.39 is 8.32 Å². The molecule has 0 N–H and O–H groups in total. The van der Waals surface area contributed by atoms with Crippen LogP contribution in [0, 0.1) is 0 Å². The van der Waals surface area contributed by atoms with Crippen molar-refractivity contribution in [2.45, 2.75) is 51.2 Å². The zero-order chi connectivity index (χ0) is 18.8. The summed E-state index contributed by atoms with van der Waals surface area (Å²) in [5.74, 6) is 0.278. The van der Waals surface area contributed by atoms with Crippen molar-refractivity contribution in [1.29, 1.82) is 0 Å². The van der Waals surface area contributed by atoms with Gasteiger partial charge in [0.15, 0.2) is 0 Å². The molecule has 136 valence electrons. The molecule has 0 saturated heterocycles. The standard InChI is InChI=1S/C23H28O2Si/c1-18-15-16-19(24)17-22(18)25-26(23(2,3)4,20-11-7-5-8-12-20)21-13-9-6-10-14-21/h5-14,22H,1,15-17H2,2-4H3. The Hall–Kier alpha value is -1.97. The number of Topliss-reactive ketones (excluding diaryl/α,β-unsaturated/α-hetero) is 1. The summed E-state index contributed by atoms with van der Waals surface area (Å²) in [5, 5.41) is 2.39. The van der Waals surface area contributed by atoms with Gasteiger partial charge in [0.2, 0.25) is 0 Å². The summed E-state index contributed by atoms with van der Waals surface area (Å²) in [5.41, 5.74) is 1.05. The fraction of sp³-hybridized carbons (Fsp3) is 0.348. The van der Waals surface area contributed by atoms with E-state index in [0.717, 1.165) is 12.0 Å². The van der Waals surface area contributed by atoms with E-state index in [1.807, 2.05) is 12.1 Å². The molecule has 0 amide bonds. The molecule has 0 bridgehead atoms. The van der Waals surface area contributed by atoms with Crippen LogP contribution < -0.4 is 10.4 Å². The van der Waals surface area contributed by atoms with Gasteiger partial charge in [-0.1, -0.05) is 88.0 Å². The number of hydrogen-bond donors (Lipinski definition) is 0. The number of hydrogen-bond acceptors (Lipinski definition) is 2. The minimum Gasteiger partial charge on any atom is -0.400 e. The first-order valence-corrected chi connectivity index (χ1v) is 11.2. The van der Waals surface area contributed by atoms with Crippen molar-refractivity contribution in [2.75, 3.05) is 0 Å². The van der Waals surface area contributed by atoms with Crippen LogP contribution in [0.25, 0.3) is 0 Å². The Morgan fingerprint density at radius 3 is 1.88 bits per heavy atom. The van der Waals surface area contributed by atoms with Gasteiger partial charge in [-0.25, -0.2) is 0 Å². The predicted octanol–water partition coefficient (Wildman–Crippen LogP) is 4.24. The van der Waals surface area contributed by atoms with Crippen LogP contribution in [-0.2, 0) is 9.22 Å². The lowest BCUT2D eigenvalue weighted by atomic mass is 9.92. The highest BCUT2D eigenvalue weighted by Gasteiger charge is 2.52. The highest BCUT2D eigenvalue weighted by Crippen LogP contribution is 2.39. The molecule has 1 fully saturated rings. The molecule has 1 saturated carbocycles. The summed E-state index contributed by atoms with van der Waals surface area (Å²) in [6.45, 7) is 11.0. The van der Waals surface area contributed by atoms with Crippen LogP contribution >= 0.6 is 0 Å². The quantitative estimate of drug-likeness (QED) is 0.599. The highest BCUT2D eigenvalue weighted by atomic mass is 28.4. The van der Waals surface area contributed by atoms with Crippen molar-refractivity contribution in [3.05, 3.63) is 72.8 Å². The molecule has 2 aromatic rings. The topological polar surface area (TPSA) is 26.3 Å². The number of rotatable bonds is 4. The van der Waals surface area contributed by atoms with Crippen molar-refractivity contribution in [3.63, 3.8) is 0 Å². The van der Waals surface area contributed by atoms with Crippen LogP contribution in [0.2, 0.25) is 5.04 Å². The summed E-state index contributed by atoms with van der Waals surface area (Å²) in [6.07, 6.45) is 1.59. The third kappa shape index (κ3) is 3.46. The molecule has 1 unspecified atom stereocenters.